The van der Waals surface area contributed by atoms with Crippen LogP contribution in [0.4, 0.5) is 11.6 Å². The summed E-state index contributed by atoms with van der Waals surface area (Å²) in [5.41, 5.74) is 3.29. The molecule has 3 aromatic rings. The van der Waals surface area contributed by atoms with Gasteiger partial charge in [0.15, 0.2) is 5.65 Å². The van der Waals surface area contributed by atoms with E-state index in [0.29, 0.717) is 23.7 Å². The molecule has 1 aliphatic heterocycles. The summed E-state index contributed by atoms with van der Waals surface area (Å²) >= 11 is 0. The molecule has 11 nitrogen and oxygen atoms in total. The SMILES string of the molecule is CN/C(=C\c1cnn2c(NC3CC3)cc(N3CCN(Cc4ccccc4C#N)CC3)nc12)C(=O)NC=O. The Morgan fingerprint density at radius 3 is 2.70 bits per heavy atom. The summed E-state index contributed by atoms with van der Waals surface area (Å²) in [6.07, 6.45) is 5.90. The van der Waals surface area contributed by atoms with Crippen LogP contribution in [0, 0.1) is 11.3 Å². The van der Waals surface area contributed by atoms with Crippen molar-refractivity contribution >= 4 is 35.7 Å². The number of amides is 2. The van der Waals surface area contributed by atoms with E-state index < -0.39 is 5.91 Å². The summed E-state index contributed by atoms with van der Waals surface area (Å²) in [5, 5.41) is 22.5. The number of likely N-dealkylation sites (N-methyl/N-ethyl adjacent to an activating group) is 1. The second kappa shape index (κ2) is 10.7. The molecule has 2 aliphatic rings. The number of hydrogen-bond acceptors (Lipinski definition) is 9. The van der Waals surface area contributed by atoms with E-state index in [1.165, 1.54) is 0 Å². The van der Waals surface area contributed by atoms with Gasteiger partial charge in [0.2, 0.25) is 6.41 Å². The fourth-order valence-corrected chi connectivity index (χ4v) is 4.45. The Balaban J connectivity index is 1.39. The summed E-state index contributed by atoms with van der Waals surface area (Å²) in [6, 6.07) is 12.5. The molecular weight excluding hydrogens is 470 g/mol. The van der Waals surface area contributed by atoms with E-state index in [0.717, 1.165) is 68.3 Å². The maximum atomic E-state index is 12.2. The average molecular weight is 500 g/mol. The number of anilines is 2. The molecule has 1 aliphatic carbocycles. The lowest BCUT2D eigenvalue weighted by molar-refractivity contribution is -0.122. The van der Waals surface area contributed by atoms with E-state index in [9.17, 15) is 14.9 Å². The van der Waals surface area contributed by atoms with Crippen LogP contribution < -0.4 is 20.9 Å². The molecule has 0 bridgehead atoms. The van der Waals surface area contributed by atoms with Gasteiger partial charge in [0, 0.05) is 57.4 Å². The minimum absolute atomic E-state index is 0.233. The Kier molecular flexibility index (Phi) is 7.00. The monoisotopic (exact) mass is 499 g/mol. The highest BCUT2D eigenvalue weighted by atomic mass is 16.2. The Morgan fingerprint density at radius 2 is 2.00 bits per heavy atom. The smallest absolute Gasteiger partial charge is 0.273 e. The van der Waals surface area contributed by atoms with Crippen molar-refractivity contribution in [1.29, 1.82) is 5.26 Å². The number of nitrogens with one attached hydrogen (secondary N) is 3. The number of carbonyl (C=O) groups excluding carboxylic acids is 2. The van der Waals surface area contributed by atoms with Crippen LogP contribution in [0.2, 0.25) is 0 Å². The maximum Gasteiger partial charge on any atom is 0.273 e. The normalized spacial score (nSPS) is 16.3. The number of imide groups is 1. The number of nitrogens with zero attached hydrogens (tertiary/aromatic N) is 6. The summed E-state index contributed by atoms with van der Waals surface area (Å²) in [6.45, 7) is 4.03. The molecule has 37 heavy (non-hydrogen) atoms. The zero-order valence-electron chi connectivity index (χ0n) is 20.6. The van der Waals surface area contributed by atoms with Crippen molar-refractivity contribution in [2.24, 2.45) is 0 Å². The molecule has 0 spiro atoms. The van der Waals surface area contributed by atoms with E-state index in [-0.39, 0.29) is 5.70 Å². The molecule has 1 saturated heterocycles. The number of fused-ring (bicyclic) bond motifs is 1. The van der Waals surface area contributed by atoms with E-state index in [1.54, 1.807) is 23.8 Å². The molecule has 190 valence electrons. The van der Waals surface area contributed by atoms with Crippen LogP contribution in [0.3, 0.4) is 0 Å². The fraction of sp³-hybridized carbons (Fsp3) is 0.346. The molecule has 5 rings (SSSR count). The van der Waals surface area contributed by atoms with Crippen molar-refractivity contribution in [3.8, 4) is 6.07 Å². The van der Waals surface area contributed by atoms with Crippen LogP contribution in [-0.2, 0) is 16.1 Å². The summed E-state index contributed by atoms with van der Waals surface area (Å²) in [7, 11) is 1.62. The van der Waals surface area contributed by atoms with Gasteiger partial charge in [-0.3, -0.25) is 19.8 Å². The van der Waals surface area contributed by atoms with Crippen LogP contribution in [0.1, 0.15) is 29.5 Å². The number of rotatable bonds is 9. The van der Waals surface area contributed by atoms with Crippen LogP contribution in [0.15, 0.2) is 42.2 Å². The van der Waals surface area contributed by atoms with Gasteiger partial charge in [-0.25, -0.2) is 4.98 Å². The second-order valence-electron chi connectivity index (χ2n) is 9.18. The summed E-state index contributed by atoms with van der Waals surface area (Å²) in [4.78, 5) is 32.5. The molecule has 1 saturated carbocycles. The lowest BCUT2D eigenvalue weighted by atomic mass is 10.1. The van der Waals surface area contributed by atoms with Gasteiger partial charge in [-0.15, -0.1) is 0 Å². The molecule has 0 radical (unpaired) electrons. The third-order valence-corrected chi connectivity index (χ3v) is 6.65. The predicted octanol–water partition coefficient (Wildman–Crippen LogP) is 1.33. The van der Waals surface area contributed by atoms with Gasteiger partial charge in [-0.2, -0.15) is 14.9 Å². The number of aromatic nitrogens is 3. The van der Waals surface area contributed by atoms with Gasteiger partial charge < -0.3 is 15.5 Å². The quantitative estimate of drug-likeness (QED) is 0.295. The van der Waals surface area contributed by atoms with E-state index in [1.807, 2.05) is 30.3 Å². The Morgan fingerprint density at radius 1 is 1.22 bits per heavy atom. The first-order valence-corrected chi connectivity index (χ1v) is 12.3. The van der Waals surface area contributed by atoms with E-state index in [2.05, 4.69) is 36.9 Å². The first kappa shape index (κ1) is 24.3. The lowest BCUT2D eigenvalue weighted by Crippen LogP contribution is -2.46. The molecule has 1 aromatic carbocycles. The Labute approximate surface area is 214 Å². The molecule has 0 atom stereocenters. The predicted molar refractivity (Wildman–Crippen MR) is 140 cm³/mol. The second-order valence-corrected chi connectivity index (χ2v) is 9.18. The number of piperazine rings is 1. The molecule has 3 N–H and O–H groups in total. The number of benzene rings is 1. The minimum atomic E-state index is -0.529. The molecule has 2 fully saturated rings. The van der Waals surface area contributed by atoms with Gasteiger partial charge in [0.05, 0.1) is 17.8 Å². The minimum Gasteiger partial charge on any atom is -0.384 e. The van der Waals surface area contributed by atoms with Gasteiger partial charge >= 0.3 is 0 Å². The van der Waals surface area contributed by atoms with E-state index in [4.69, 9.17) is 4.98 Å². The molecular formula is C26H29N9O2. The summed E-state index contributed by atoms with van der Waals surface area (Å²) in [5.74, 6) is 1.17. The lowest BCUT2D eigenvalue weighted by Gasteiger charge is -2.35. The van der Waals surface area contributed by atoms with Crippen molar-refractivity contribution < 1.29 is 9.59 Å². The van der Waals surface area contributed by atoms with Crippen LogP contribution >= 0.6 is 0 Å². The average Bonchev–Trinajstić information content (AvgIpc) is 3.65. The third-order valence-electron chi connectivity index (χ3n) is 6.65. The molecule has 0 unspecified atom stereocenters. The highest BCUT2D eigenvalue weighted by Gasteiger charge is 2.25. The number of carbonyl (C=O) groups is 2. The number of hydrogen-bond donors (Lipinski definition) is 3. The van der Waals surface area contributed by atoms with Crippen LogP contribution in [0.5, 0.6) is 0 Å². The Hall–Kier alpha value is -4.43. The van der Waals surface area contributed by atoms with Crippen LogP contribution in [0.25, 0.3) is 11.7 Å². The zero-order chi connectivity index (χ0) is 25.8. The summed E-state index contributed by atoms with van der Waals surface area (Å²) < 4.78 is 1.76. The first-order chi connectivity index (χ1) is 18.1. The van der Waals surface area contributed by atoms with Crippen molar-refractivity contribution in [2.45, 2.75) is 25.4 Å². The van der Waals surface area contributed by atoms with Crippen molar-refractivity contribution in [3.05, 3.63) is 58.9 Å². The largest absolute Gasteiger partial charge is 0.384 e. The molecule has 2 aromatic heterocycles. The fourth-order valence-electron chi connectivity index (χ4n) is 4.45. The first-order valence-electron chi connectivity index (χ1n) is 12.3. The third kappa shape index (κ3) is 5.39. The molecule has 3 heterocycles. The maximum absolute atomic E-state index is 12.2. The van der Waals surface area contributed by atoms with Gasteiger partial charge in [-0.1, -0.05) is 18.2 Å². The van der Waals surface area contributed by atoms with Crippen molar-refractivity contribution in [2.75, 3.05) is 43.4 Å². The number of nitriles is 1. The molecule has 11 heteroatoms. The topological polar surface area (TPSA) is 131 Å². The van der Waals surface area contributed by atoms with Gasteiger partial charge in [-0.05, 0) is 30.5 Å². The highest BCUT2D eigenvalue weighted by molar-refractivity contribution is 6.02. The van der Waals surface area contributed by atoms with Crippen molar-refractivity contribution in [3.63, 3.8) is 0 Å². The van der Waals surface area contributed by atoms with Crippen molar-refractivity contribution in [1.82, 2.24) is 30.1 Å². The molecule has 2 amide bonds. The zero-order valence-corrected chi connectivity index (χ0v) is 20.6. The Bertz CT molecular complexity index is 1380. The van der Waals surface area contributed by atoms with Gasteiger partial charge in [0.25, 0.3) is 5.91 Å². The van der Waals surface area contributed by atoms with E-state index >= 15 is 0 Å². The van der Waals surface area contributed by atoms with Crippen LogP contribution in [-0.4, -0.2) is 71.1 Å². The highest BCUT2D eigenvalue weighted by Crippen LogP contribution is 2.29. The van der Waals surface area contributed by atoms with Gasteiger partial charge in [0.1, 0.15) is 17.3 Å². The standard InChI is InChI=1S/C26H29N9O2/c1-28-22(26(37)29-17-36)12-20-15-30-35-24(31-21-6-7-21)13-23(32-25(20)35)34-10-8-33(9-11-34)16-19-5-3-2-4-18(19)14-27/h2-5,12-13,15,17,21,28,31H,6-11,16H2,1H3,(H,29,36,37)/b22-12-.